The third kappa shape index (κ3) is 3.26. The lowest BCUT2D eigenvalue weighted by molar-refractivity contribution is -0.141. The van der Waals surface area contributed by atoms with Gasteiger partial charge in [-0.15, -0.1) is 0 Å². The van der Waals surface area contributed by atoms with E-state index in [1.165, 1.54) is 21.6 Å². The van der Waals surface area contributed by atoms with Crippen molar-refractivity contribution in [1.29, 1.82) is 0 Å². The molecule has 2 aliphatic heterocycles. The topological polar surface area (TPSA) is 57.9 Å². The van der Waals surface area contributed by atoms with Gasteiger partial charge in [0, 0.05) is 38.8 Å². The molecular weight excluding hydrogens is 361 g/mol. The predicted molar refractivity (Wildman–Crippen MR) is 90.0 cm³/mol. The van der Waals surface area contributed by atoms with Crippen molar-refractivity contribution in [1.82, 2.24) is 19.2 Å². The van der Waals surface area contributed by atoms with E-state index in [0.717, 1.165) is 13.0 Å². The van der Waals surface area contributed by atoms with Crippen molar-refractivity contribution in [3.05, 3.63) is 35.8 Å². The van der Waals surface area contributed by atoms with E-state index in [0.29, 0.717) is 32.5 Å². The zero-order chi connectivity index (χ0) is 19.2. The molecule has 2 aliphatic rings. The van der Waals surface area contributed by atoms with Gasteiger partial charge in [0.2, 0.25) is 5.91 Å². The maximum atomic E-state index is 13.4. The Morgan fingerprint density at radius 1 is 1.26 bits per heavy atom. The molecule has 2 amide bonds. The van der Waals surface area contributed by atoms with Crippen LogP contribution in [0.3, 0.4) is 0 Å². The highest BCUT2D eigenvalue weighted by atomic mass is 19.4. The van der Waals surface area contributed by atoms with Crippen LogP contribution in [0.5, 0.6) is 0 Å². The van der Waals surface area contributed by atoms with Crippen molar-refractivity contribution >= 4 is 17.5 Å². The molecule has 1 unspecified atom stereocenters. The maximum Gasteiger partial charge on any atom is 0.435 e. The van der Waals surface area contributed by atoms with E-state index in [4.69, 9.17) is 0 Å². The molecule has 4 rings (SSSR count). The van der Waals surface area contributed by atoms with Gasteiger partial charge in [-0.3, -0.25) is 14.0 Å². The van der Waals surface area contributed by atoms with Crippen LogP contribution in [0, 0.1) is 5.92 Å². The monoisotopic (exact) mass is 380 g/mol. The number of aromatic nitrogens is 2. The summed E-state index contributed by atoms with van der Waals surface area (Å²) in [5.41, 5.74) is -1.51. The highest BCUT2D eigenvalue weighted by molar-refractivity contribution is 5.95. The van der Waals surface area contributed by atoms with E-state index in [-0.39, 0.29) is 17.5 Å². The number of rotatable bonds is 3. The first kappa shape index (κ1) is 17.8. The molecule has 0 aromatic carbocycles. The zero-order valence-corrected chi connectivity index (χ0v) is 14.6. The lowest BCUT2D eigenvalue weighted by Crippen LogP contribution is -2.34. The summed E-state index contributed by atoms with van der Waals surface area (Å²) in [5, 5.41) is 0. The summed E-state index contributed by atoms with van der Waals surface area (Å²) in [7, 11) is 0. The Kier molecular flexibility index (Phi) is 4.32. The van der Waals surface area contributed by atoms with Gasteiger partial charge in [-0.2, -0.15) is 13.2 Å². The van der Waals surface area contributed by atoms with Crippen molar-refractivity contribution in [2.75, 3.05) is 26.2 Å². The molecule has 0 N–H and O–H groups in total. The van der Waals surface area contributed by atoms with Crippen LogP contribution < -0.4 is 0 Å². The summed E-state index contributed by atoms with van der Waals surface area (Å²) in [4.78, 5) is 31.5. The molecule has 2 fully saturated rings. The number of alkyl halides is 3. The van der Waals surface area contributed by atoms with Crippen LogP contribution in [0.2, 0.25) is 0 Å². The van der Waals surface area contributed by atoms with E-state index in [2.05, 4.69) is 4.98 Å². The first-order chi connectivity index (χ1) is 12.8. The van der Waals surface area contributed by atoms with Crippen LogP contribution in [-0.4, -0.2) is 57.2 Å². The summed E-state index contributed by atoms with van der Waals surface area (Å²) >= 11 is 0. The quantitative estimate of drug-likeness (QED) is 0.822. The highest BCUT2D eigenvalue weighted by Crippen LogP contribution is 2.33. The van der Waals surface area contributed by atoms with E-state index in [9.17, 15) is 22.8 Å². The third-order valence-electron chi connectivity index (χ3n) is 5.22. The second-order valence-corrected chi connectivity index (χ2v) is 7.08. The molecule has 0 radical (unpaired) electrons. The number of carbonyl (C=O) groups excluding carboxylic acids is 2. The maximum absolute atomic E-state index is 13.4. The van der Waals surface area contributed by atoms with Crippen LogP contribution in [0.4, 0.5) is 13.2 Å². The second kappa shape index (κ2) is 6.54. The number of nitrogens with zero attached hydrogens (tertiary/aromatic N) is 4. The number of hydrogen-bond donors (Lipinski definition) is 0. The van der Waals surface area contributed by atoms with Crippen molar-refractivity contribution in [2.45, 2.75) is 25.4 Å². The number of pyridine rings is 1. The molecule has 1 atom stereocenters. The number of imidazole rings is 1. The number of fused-ring (bicyclic) bond motifs is 1. The van der Waals surface area contributed by atoms with Crippen LogP contribution >= 0.6 is 0 Å². The minimum Gasteiger partial charge on any atom is -0.342 e. The van der Waals surface area contributed by atoms with Gasteiger partial charge < -0.3 is 9.80 Å². The highest BCUT2D eigenvalue weighted by Gasteiger charge is 2.42. The summed E-state index contributed by atoms with van der Waals surface area (Å²) in [6, 6.07) is 4.59. The number of amides is 2. The van der Waals surface area contributed by atoms with E-state index in [1.54, 1.807) is 17.0 Å². The first-order valence-electron chi connectivity index (χ1n) is 8.96. The molecule has 2 aromatic heterocycles. The number of likely N-dealkylation sites (tertiary alicyclic amines) is 2. The van der Waals surface area contributed by atoms with Crippen LogP contribution in [0.15, 0.2) is 24.4 Å². The molecule has 144 valence electrons. The Balaban J connectivity index is 1.57. The Morgan fingerprint density at radius 3 is 2.78 bits per heavy atom. The number of carbonyl (C=O) groups is 2. The molecule has 27 heavy (non-hydrogen) atoms. The van der Waals surface area contributed by atoms with E-state index < -0.39 is 23.5 Å². The molecule has 2 aromatic rings. The molecule has 4 heterocycles. The number of hydrogen-bond acceptors (Lipinski definition) is 3. The largest absolute Gasteiger partial charge is 0.435 e. The van der Waals surface area contributed by atoms with Gasteiger partial charge in [0.05, 0.1) is 0 Å². The molecule has 9 heteroatoms. The standard InChI is InChI=1S/C18H19F3N4O2/c19-18(20,21)16-15(25-8-2-1-4-13(25)22-16)17(27)24-9-6-12(11-24)10-23-7-3-5-14(23)26/h1-2,4,8,12H,3,5-7,9-11H2. The normalized spacial score (nSPS) is 20.9. The lowest BCUT2D eigenvalue weighted by atomic mass is 10.1. The van der Waals surface area contributed by atoms with Gasteiger partial charge in [0.15, 0.2) is 5.69 Å². The SMILES string of the molecule is O=C1CCCN1CC1CCN(C(=O)c2c(C(F)(F)F)nc3ccccn23)C1. The minimum absolute atomic E-state index is 0.0875. The van der Waals surface area contributed by atoms with Gasteiger partial charge in [-0.1, -0.05) is 6.07 Å². The van der Waals surface area contributed by atoms with E-state index >= 15 is 0 Å². The Hall–Kier alpha value is -2.58. The van der Waals surface area contributed by atoms with Crippen molar-refractivity contribution in [3.63, 3.8) is 0 Å². The summed E-state index contributed by atoms with van der Waals surface area (Å²) in [5.74, 6) is -0.471. The van der Waals surface area contributed by atoms with Gasteiger partial charge in [0.1, 0.15) is 11.3 Å². The molecule has 0 saturated carbocycles. The average molecular weight is 380 g/mol. The second-order valence-electron chi connectivity index (χ2n) is 7.08. The fourth-order valence-electron chi connectivity index (χ4n) is 3.92. The van der Waals surface area contributed by atoms with Crippen LogP contribution in [0.1, 0.15) is 35.4 Å². The Labute approximate surface area is 153 Å². The minimum atomic E-state index is -4.71. The third-order valence-corrected chi connectivity index (χ3v) is 5.22. The molecule has 6 nitrogen and oxygen atoms in total. The zero-order valence-electron chi connectivity index (χ0n) is 14.6. The van der Waals surface area contributed by atoms with Gasteiger partial charge in [-0.25, -0.2) is 4.98 Å². The molecule has 0 aliphatic carbocycles. The Morgan fingerprint density at radius 2 is 2.07 bits per heavy atom. The molecular formula is C18H19F3N4O2. The summed E-state index contributed by atoms with van der Waals surface area (Å²) < 4.78 is 41.5. The van der Waals surface area contributed by atoms with Gasteiger partial charge in [-0.05, 0) is 30.9 Å². The van der Waals surface area contributed by atoms with Crippen molar-refractivity contribution < 1.29 is 22.8 Å². The van der Waals surface area contributed by atoms with Gasteiger partial charge >= 0.3 is 6.18 Å². The fraction of sp³-hybridized carbons (Fsp3) is 0.500. The first-order valence-corrected chi connectivity index (χ1v) is 8.96. The van der Waals surface area contributed by atoms with E-state index in [1.807, 2.05) is 0 Å². The summed E-state index contributed by atoms with van der Waals surface area (Å²) in [6.45, 7) is 2.00. The molecule has 2 saturated heterocycles. The molecule has 0 spiro atoms. The van der Waals surface area contributed by atoms with Crippen LogP contribution in [-0.2, 0) is 11.0 Å². The Bertz CT molecular complexity index is 892. The summed E-state index contributed by atoms with van der Waals surface area (Å²) in [6.07, 6.45) is -1.23. The molecule has 0 bridgehead atoms. The fourth-order valence-corrected chi connectivity index (χ4v) is 3.92. The van der Waals surface area contributed by atoms with Crippen LogP contribution in [0.25, 0.3) is 5.65 Å². The smallest absolute Gasteiger partial charge is 0.342 e. The predicted octanol–water partition coefficient (Wildman–Crippen LogP) is 2.44. The van der Waals surface area contributed by atoms with Crippen molar-refractivity contribution in [2.24, 2.45) is 5.92 Å². The van der Waals surface area contributed by atoms with Crippen molar-refractivity contribution in [3.8, 4) is 0 Å². The van der Waals surface area contributed by atoms with Gasteiger partial charge in [0.25, 0.3) is 5.91 Å². The average Bonchev–Trinajstić information content (AvgIpc) is 3.33. The lowest BCUT2D eigenvalue weighted by Gasteiger charge is -2.21. The number of halogens is 3.